The Hall–Kier alpha value is -2.37. The second-order valence-electron chi connectivity index (χ2n) is 6.84. The van der Waals surface area contributed by atoms with E-state index in [0.29, 0.717) is 49.9 Å². The van der Waals surface area contributed by atoms with Gasteiger partial charge in [0, 0.05) is 43.3 Å². The Morgan fingerprint density at radius 3 is 2.41 bits per heavy atom. The number of hydrogen-bond donors (Lipinski definition) is 1. The Balaban J connectivity index is 1.43. The molecule has 2 aromatic carbocycles. The number of nitrogens with one attached hydrogen (secondary N) is 1. The van der Waals surface area contributed by atoms with Crippen LogP contribution in [0.4, 0.5) is 0 Å². The second-order valence-corrected chi connectivity index (χ2v) is 7.28. The van der Waals surface area contributed by atoms with E-state index in [-0.39, 0.29) is 11.8 Å². The van der Waals surface area contributed by atoms with Crippen LogP contribution in [0.5, 0.6) is 0 Å². The van der Waals surface area contributed by atoms with Crippen molar-refractivity contribution in [3.63, 3.8) is 0 Å². The maximum atomic E-state index is 12.5. The maximum absolute atomic E-state index is 12.5. The summed E-state index contributed by atoms with van der Waals surface area (Å²) < 4.78 is 0. The predicted octanol–water partition coefficient (Wildman–Crippen LogP) is 2.72. The van der Waals surface area contributed by atoms with Crippen molar-refractivity contribution in [3.8, 4) is 0 Å². The van der Waals surface area contributed by atoms with E-state index in [1.54, 1.807) is 24.3 Å². The highest BCUT2D eigenvalue weighted by atomic mass is 35.5. The molecule has 5 nitrogen and oxygen atoms in total. The van der Waals surface area contributed by atoms with Gasteiger partial charge in [-0.2, -0.15) is 0 Å². The van der Waals surface area contributed by atoms with Crippen molar-refractivity contribution < 1.29 is 9.59 Å². The third-order valence-corrected chi connectivity index (χ3v) is 4.94. The van der Waals surface area contributed by atoms with Crippen molar-refractivity contribution in [1.29, 1.82) is 0 Å². The topological polar surface area (TPSA) is 52.7 Å². The normalized spacial score (nSPS) is 14.8. The highest BCUT2D eigenvalue weighted by Gasteiger charge is 2.23. The van der Waals surface area contributed by atoms with Crippen LogP contribution in [0.1, 0.15) is 21.5 Å². The van der Waals surface area contributed by atoms with E-state index < -0.39 is 0 Å². The van der Waals surface area contributed by atoms with Crippen LogP contribution in [-0.2, 0) is 11.3 Å². The molecule has 3 rings (SSSR count). The van der Waals surface area contributed by atoms with Gasteiger partial charge < -0.3 is 10.2 Å². The molecule has 6 heteroatoms. The average Bonchev–Trinajstić information content (AvgIpc) is 2.67. The van der Waals surface area contributed by atoms with E-state index in [1.807, 2.05) is 36.1 Å². The summed E-state index contributed by atoms with van der Waals surface area (Å²) in [6.07, 6.45) is 0. The summed E-state index contributed by atoms with van der Waals surface area (Å²) in [6, 6.07) is 15.1. The quantitative estimate of drug-likeness (QED) is 0.861. The monoisotopic (exact) mass is 385 g/mol. The molecule has 1 heterocycles. The fraction of sp³-hybridized carbons (Fsp3) is 0.333. The Labute approximate surface area is 164 Å². The summed E-state index contributed by atoms with van der Waals surface area (Å²) in [4.78, 5) is 28.6. The third-order valence-electron chi connectivity index (χ3n) is 4.71. The predicted molar refractivity (Wildman–Crippen MR) is 107 cm³/mol. The van der Waals surface area contributed by atoms with Crippen LogP contribution in [0.3, 0.4) is 0 Å². The Morgan fingerprint density at radius 1 is 1.04 bits per heavy atom. The number of piperazine rings is 1. The highest BCUT2D eigenvalue weighted by molar-refractivity contribution is 6.30. The molecule has 1 fully saturated rings. The number of rotatable bonds is 5. The van der Waals surface area contributed by atoms with E-state index in [2.05, 4.69) is 10.2 Å². The van der Waals surface area contributed by atoms with Crippen molar-refractivity contribution >= 4 is 23.4 Å². The molecule has 1 saturated heterocycles. The molecule has 0 radical (unpaired) electrons. The van der Waals surface area contributed by atoms with Crippen LogP contribution in [-0.4, -0.2) is 54.3 Å². The van der Waals surface area contributed by atoms with Gasteiger partial charge in [0.15, 0.2) is 0 Å². The van der Waals surface area contributed by atoms with Crippen molar-refractivity contribution in [2.24, 2.45) is 0 Å². The first kappa shape index (κ1) is 19.4. The van der Waals surface area contributed by atoms with Crippen molar-refractivity contribution in [1.82, 2.24) is 15.1 Å². The number of hydrogen-bond acceptors (Lipinski definition) is 3. The Kier molecular flexibility index (Phi) is 6.48. The van der Waals surface area contributed by atoms with Crippen LogP contribution in [0.25, 0.3) is 0 Å². The molecule has 0 bridgehead atoms. The standard InChI is InChI=1S/C21H24ClN3O2/c1-16-5-7-17(8-6-16)14-23-20(26)15-24-9-11-25(12-10-24)21(27)18-3-2-4-19(22)13-18/h2-8,13H,9-12,14-15H2,1H3,(H,23,26). The molecule has 0 spiro atoms. The molecule has 2 aromatic rings. The van der Waals surface area contributed by atoms with Crippen LogP contribution >= 0.6 is 11.6 Å². The van der Waals surface area contributed by atoms with E-state index >= 15 is 0 Å². The zero-order valence-corrected chi connectivity index (χ0v) is 16.2. The first-order valence-corrected chi connectivity index (χ1v) is 9.48. The summed E-state index contributed by atoms with van der Waals surface area (Å²) in [7, 11) is 0. The van der Waals surface area contributed by atoms with Gasteiger partial charge in [-0.25, -0.2) is 0 Å². The van der Waals surface area contributed by atoms with Crippen LogP contribution in [0.2, 0.25) is 5.02 Å². The lowest BCUT2D eigenvalue weighted by Gasteiger charge is -2.34. The van der Waals surface area contributed by atoms with E-state index in [1.165, 1.54) is 5.56 Å². The number of halogens is 1. The largest absolute Gasteiger partial charge is 0.351 e. The lowest BCUT2D eigenvalue weighted by atomic mass is 10.1. The van der Waals surface area contributed by atoms with Gasteiger partial charge in [-0.05, 0) is 30.7 Å². The van der Waals surface area contributed by atoms with Gasteiger partial charge in [0.2, 0.25) is 5.91 Å². The van der Waals surface area contributed by atoms with Gasteiger partial charge in [-0.15, -0.1) is 0 Å². The van der Waals surface area contributed by atoms with Crippen LogP contribution < -0.4 is 5.32 Å². The summed E-state index contributed by atoms with van der Waals surface area (Å²) >= 11 is 5.97. The number of amides is 2. The minimum atomic E-state index is -0.0130. The van der Waals surface area contributed by atoms with E-state index in [0.717, 1.165) is 5.56 Å². The molecule has 0 aromatic heterocycles. The molecule has 0 unspecified atom stereocenters. The highest BCUT2D eigenvalue weighted by Crippen LogP contribution is 2.14. The first-order valence-electron chi connectivity index (χ1n) is 9.11. The summed E-state index contributed by atoms with van der Waals surface area (Å²) in [5, 5.41) is 3.52. The lowest BCUT2D eigenvalue weighted by Crippen LogP contribution is -2.51. The number of carbonyl (C=O) groups excluding carboxylic acids is 2. The number of benzene rings is 2. The Bertz CT molecular complexity index is 799. The summed E-state index contributed by atoms with van der Waals surface area (Å²) in [5.41, 5.74) is 2.90. The third kappa shape index (κ3) is 5.55. The maximum Gasteiger partial charge on any atom is 0.253 e. The second kappa shape index (κ2) is 9.02. The molecule has 27 heavy (non-hydrogen) atoms. The molecule has 0 atom stereocenters. The molecule has 2 amide bonds. The molecule has 1 aliphatic heterocycles. The molecular formula is C21H24ClN3O2. The summed E-state index contributed by atoms with van der Waals surface area (Å²) in [6.45, 7) is 5.51. The van der Waals surface area contributed by atoms with E-state index in [4.69, 9.17) is 11.6 Å². The fourth-order valence-corrected chi connectivity index (χ4v) is 3.27. The number of carbonyl (C=O) groups is 2. The van der Waals surface area contributed by atoms with Crippen molar-refractivity contribution in [2.45, 2.75) is 13.5 Å². The van der Waals surface area contributed by atoms with Gasteiger partial charge in [0.25, 0.3) is 5.91 Å². The first-order chi connectivity index (χ1) is 13.0. The fourth-order valence-electron chi connectivity index (χ4n) is 3.08. The van der Waals surface area contributed by atoms with Gasteiger partial charge in [-0.1, -0.05) is 47.5 Å². The molecule has 142 valence electrons. The number of nitrogens with zero attached hydrogens (tertiary/aromatic N) is 2. The zero-order valence-electron chi connectivity index (χ0n) is 15.5. The van der Waals surface area contributed by atoms with Gasteiger partial charge in [0.1, 0.15) is 0 Å². The average molecular weight is 386 g/mol. The van der Waals surface area contributed by atoms with Gasteiger partial charge in [0.05, 0.1) is 6.54 Å². The van der Waals surface area contributed by atoms with Gasteiger partial charge >= 0.3 is 0 Å². The Morgan fingerprint density at radius 2 is 1.74 bits per heavy atom. The van der Waals surface area contributed by atoms with Gasteiger partial charge in [-0.3, -0.25) is 14.5 Å². The molecule has 1 aliphatic rings. The van der Waals surface area contributed by atoms with Crippen molar-refractivity contribution in [3.05, 3.63) is 70.2 Å². The molecule has 1 N–H and O–H groups in total. The van der Waals surface area contributed by atoms with Crippen LogP contribution in [0.15, 0.2) is 48.5 Å². The molecule has 0 aliphatic carbocycles. The van der Waals surface area contributed by atoms with Crippen LogP contribution in [0, 0.1) is 6.92 Å². The minimum absolute atomic E-state index is 0.00481. The zero-order chi connectivity index (χ0) is 19.2. The molecular weight excluding hydrogens is 362 g/mol. The lowest BCUT2D eigenvalue weighted by molar-refractivity contribution is -0.122. The molecule has 0 saturated carbocycles. The smallest absolute Gasteiger partial charge is 0.253 e. The number of aryl methyl sites for hydroxylation is 1. The van der Waals surface area contributed by atoms with E-state index in [9.17, 15) is 9.59 Å². The SMILES string of the molecule is Cc1ccc(CNC(=O)CN2CCN(C(=O)c3cccc(Cl)c3)CC2)cc1. The minimum Gasteiger partial charge on any atom is -0.351 e. The summed E-state index contributed by atoms with van der Waals surface area (Å²) in [5.74, 6) is -0.00818. The van der Waals surface area contributed by atoms with Crippen molar-refractivity contribution in [2.75, 3.05) is 32.7 Å².